The predicted molar refractivity (Wildman–Crippen MR) is 86.4 cm³/mol. The van der Waals surface area contributed by atoms with Crippen LogP contribution in [0.2, 0.25) is 0 Å². The van der Waals surface area contributed by atoms with Crippen molar-refractivity contribution < 1.29 is 18.7 Å². The van der Waals surface area contributed by atoms with Crippen molar-refractivity contribution >= 4 is 17.7 Å². The summed E-state index contributed by atoms with van der Waals surface area (Å²) < 4.78 is 25.4. The molecule has 6 heteroatoms. The van der Waals surface area contributed by atoms with E-state index in [0.717, 1.165) is 5.56 Å². The highest BCUT2D eigenvalue weighted by atomic mass is 32.2. The summed E-state index contributed by atoms with van der Waals surface area (Å²) >= 11 is 1.33. The van der Waals surface area contributed by atoms with Crippen molar-refractivity contribution in [1.82, 2.24) is 0 Å². The molecule has 0 radical (unpaired) electrons. The van der Waals surface area contributed by atoms with Crippen molar-refractivity contribution in [2.24, 2.45) is 5.73 Å². The minimum Gasteiger partial charge on any atom is -0.460 e. The fraction of sp³-hybridized carbons (Fsp3) is 0.235. The highest BCUT2D eigenvalue weighted by molar-refractivity contribution is 7.99. The van der Waals surface area contributed by atoms with Gasteiger partial charge in [-0.05, 0) is 12.1 Å². The average molecular weight is 333 g/mol. The van der Waals surface area contributed by atoms with Crippen molar-refractivity contribution in [2.75, 3.05) is 5.75 Å². The minimum atomic E-state index is -0.519. The zero-order valence-corrected chi connectivity index (χ0v) is 13.1. The summed E-state index contributed by atoms with van der Waals surface area (Å²) in [5, 5.41) is 0. The first-order chi connectivity index (χ1) is 11.1. The number of hydrogen-bond donors (Lipinski definition) is 1. The molecule has 1 aliphatic rings. The number of carbonyl (C=O) groups is 1. The van der Waals surface area contributed by atoms with Crippen molar-refractivity contribution in [2.45, 2.75) is 18.6 Å². The molecule has 2 aromatic rings. The Balaban J connectivity index is 1.83. The molecule has 3 rings (SSSR count). The monoisotopic (exact) mass is 333 g/mol. The molecule has 0 aliphatic carbocycles. The summed E-state index contributed by atoms with van der Waals surface area (Å²) in [5.41, 5.74) is 7.42. The third kappa shape index (κ3) is 3.83. The van der Waals surface area contributed by atoms with Crippen LogP contribution >= 0.6 is 11.8 Å². The number of hydrogen-bond acceptors (Lipinski definition) is 4. The summed E-state index contributed by atoms with van der Waals surface area (Å²) in [7, 11) is 0. The van der Waals surface area contributed by atoms with Crippen molar-refractivity contribution in [3.05, 3.63) is 65.0 Å². The van der Waals surface area contributed by atoms with Gasteiger partial charge in [0.1, 0.15) is 11.6 Å². The van der Waals surface area contributed by atoms with Crippen LogP contribution in [0.1, 0.15) is 23.0 Å². The van der Waals surface area contributed by atoms with E-state index in [1.165, 1.54) is 23.9 Å². The van der Waals surface area contributed by atoms with E-state index < -0.39 is 12.2 Å². The Labute approximate surface area is 137 Å². The number of amides is 1. The van der Waals surface area contributed by atoms with Crippen molar-refractivity contribution in [3.8, 4) is 5.75 Å². The number of nitrogens with two attached hydrogens (primary N) is 1. The van der Waals surface area contributed by atoms with Crippen LogP contribution in [0.15, 0.2) is 42.5 Å². The van der Waals surface area contributed by atoms with Crippen molar-refractivity contribution in [3.63, 3.8) is 0 Å². The fourth-order valence-corrected chi connectivity index (χ4v) is 3.16. The molecule has 120 valence electrons. The summed E-state index contributed by atoms with van der Waals surface area (Å²) in [6.45, 7) is 0.278. The van der Waals surface area contributed by atoms with Crippen LogP contribution in [-0.4, -0.2) is 11.7 Å². The number of halogens is 1. The summed E-state index contributed by atoms with van der Waals surface area (Å²) in [4.78, 5) is 10.9. The second-order valence-electron chi connectivity index (χ2n) is 5.18. The van der Waals surface area contributed by atoms with Gasteiger partial charge in [0.05, 0.1) is 12.4 Å². The van der Waals surface area contributed by atoms with Crippen LogP contribution in [0.4, 0.5) is 4.39 Å². The SMILES string of the molecule is NC(=O)CSCc1cc(F)cc2c1O[C@@H](c1ccccc1)OC2. The minimum absolute atomic E-state index is 0.184. The van der Waals surface area contributed by atoms with Gasteiger partial charge in [0, 0.05) is 22.4 Å². The van der Waals surface area contributed by atoms with Gasteiger partial charge in [0.15, 0.2) is 0 Å². The molecule has 0 unspecified atom stereocenters. The van der Waals surface area contributed by atoms with E-state index in [4.69, 9.17) is 15.2 Å². The Hall–Kier alpha value is -2.05. The van der Waals surface area contributed by atoms with Gasteiger partial charge in [0.25, 0.3) is 0 Å². The maximum atomic E-state index is 13.7. The fourth-order valence-electron chi connectivity index (χ4n) is 2.42. The Morgan fingerprint density at radius 2 is 2.09 bits per heavy atom. The van der Waals surface area contributed by atoms with Crippen LogP contribution in [0.25, 0.3) is 0 Å². The lowest BCUT2D eigenvalue weighted by molar-refractivity contribution is -0.115. The van der Waals surface area contributed by atoms with Gasteiger partial charge in [0.2, 0.25) is 12.2 Å². The lowest BCUT2D eigenvalue weighted by Crippen LogP contribution is -2.19. The largest absolute Gasteiger partial charge is 0.460 e. The van der Waals surface area contributed by atoms with Gasteiger partial charge in [-0.3, -0.25) is 4.79 Å². The maximum Gasteiger partial charge on any atom is 0.227 e. The average Bonchev–Trinajstić information content (AvgIpc) is 2.55. The molecule has 0 fully saturated rings. The van der Waals surface area contributed by atoms with E-state index >= 15 is 0 Å². The highest BCUT2D eigenvalue weighted by Crippen LogP contribution is 2.37. The van der Waals surface area contributed by atoms with E-state index in [1.807, 2.05) is 30.3 Å². The third-order valence-electron chi connectivity index (χ3n) is 3.40. The maximum absolute atomic E-state index is 13.7. The first-order valence-electron chi connectivity index (χ1n) is 7.14. The van der Waals surface area contributed by atoms with Crippen LogP contribution in [0, 0.1) is 5.82 Å². The topological polar surface area (TPSA) is 61.6 Å². The standard InChI is InChI=1S/C17H16FNO3S/c18-14-6-12-8-21-17(11-4-2-1-3-5-11)22-16(12)13(7-14)9-23-10-15(19)20/h1-7,17H,8-10H2,(H2,19,20)/t17-/m0/s1. The molecule has 0 aromatic heterocycles. The first-order valence-corrected chi connectivity index (χ1v) is 8.29. The lowest BCUT2D eigenvalue weighted by Gasteiger charge is -2.28. The van der Waals surface area contributed by atoms with Gasteiger partial charge in [-0.2, -0.15) is 0 Å². The van der Waals surface area contributed by atoms with Gasteiger partial charge in [-0.1, -0.05) is 30.3 Å². The normalized spacial score (nSPS) is 16.5. The Morgan fingerprint density at radius 3 is 2.83 bits per heavy atom. The quantitative estimate of drug-likeness (QED) is 0.913. The summed E-state index contributed by atoms with van der Waals surface area (Å²) in [6, 6.07) is 12.4. The van der Waals surface area contributed by atoms with Gasteiger partial charge >= 0.3 is 0 Å². The van der Waals surface area contributed by atoms with Crippen LogP contribution in [0.5, 0.6) is 5.75 Å². The molecule has 1 atom stereocenters. The zero-order valence-electron chi connectivity index (χ0n) is 12.3. The Morgan fingerprint density at radius 1 is 1.30 bits per heavy atom. The van der Waals surface area contributed by atoms with Crippen LogP contribution in [-0.2, 0) is 21.9 Å². The van der Waals surface area contributed by atoms with Gasteiger partial charge in [-0.15, -0.1) is 11.8 Å². The number of primary amides is 1. The molecule has 2 aromatic carbocycles. The number of carbonyl (C=O) groups excluding carboxylic acids is 1. The second-order valence-corrected chi connectivity index (χ2v) is 6.17. The summed E-state index contributed by atoms with van der Waals surface area (Å²) in [6.07, 6.45) is -0.519. The van der Waals surface area contributed by atoms with Crippen molar-refractivity contribution in [1.29, 1.82) is 0 Å². The Bertz CT molecular complexity index is 708. The number of rotatable bonds is 5. The smallest absolute Gasteiger partial charge is 0.227 e. The Kier molecular flexibility index (Phi) is 4.83. The highest BCUT2D eigenvalue weighted by Gasteiger charge is 2.25. The van der Waals surface area contributed by atoms with E-state index in [2.05, 4.69) is 0 Å². The molecule has 1 heterocycles. The van der Waals surface area contributed by atoms with E-state index in [-0.39, 0.29) is 18.2 Å². The molecular formula is C17H16FNO3S. The van der Waals surface area contributed by atoms with Crippen LogP contribution < -0.4 is 10.5 Å². The van der Waals surface area contributed by atoms with Gasteiger partial charge < -0.3 is 15.2 Å². The van der Waals surface area contributed by atoms with E-state index in [0.29, 0.717) is 22.6 Å². The molecule has 4 nitrogen and oxygen atoms in total. The van der Waals surface area contributed by atoms with E-state index in [9.17, 15) is 9.18 Å². The number of ether oxygens (including phenoxy) is 2. The first kappa shape index (κ1) is 15.8. The zero-order chi connectivity index (χ0) is 16.2. The van der Waals surface area contributed by atoms with Gasteiger partial charge in [-0.25, -0.2) is 4.39 Å². The predicted octanol–water partition coefficient (Wildman–Crippen LogP) is 3.15. The molecule has 1 amide bonds. The second kappa shape index (κ2) is 7.02. The number of fused-ring (bicyclic) bond motifs is 1. The molecule has 2 N–H and O–H groups in total. The molecular weight excluding hydrogens is 317 g/mol. The molecule has 0 saturated carbocycles. The molecule has 0 saturated heterocycles. The molecule has 0 bridgehead atoms. The van der Waals surface area contributed by atoms with Crippen LogP contribution in [0.3, 0.4) is 0 Å². The summed E-state index contributed by atoms with van der Waals surface area (Å²) in [5.74, 6) is 0.521. The molecule has 0 spiro atoms. The third-order valence-corrected chi connectivity index (χ3v) is 4.40. The molecule has 23 heavy (non-hydrogen) atoms. The van der Waals surface area contributed by atoms with E-state index in [1.54, 1.807) is 0 Å². The lowest BCUT2D eigenvalue weighted by atomic mass is 10.1. The number of thioether (sulfide) groups is 1. The molecule has 1 aliphatic heterocycles. The number of benzene rings is 2.